The molecule has 0 aliphatic heterocycles. The van der Waals surface area contributed by atoms with Crippen molar-refractivity contribution in [3.63, 3.8) is 0 Å². The van der Waals surface area contributed by atoms with E-state index in [1.54, 1.807) is 0 Å². The molecule has 0 bridgehead atoms. The van der Waals surface area contributed by atoms with Crippen molar-refractivity contribution in [2.24, 2.45) is 0 Å². The monoisotopic (exact) mass is 690 g/mol. The number of furan rings is 1. The van der Waals surface area contributed by atoms with Gasteiger partial charge in [-0.3, -0.25) is 0 Å². The zero-order chi connectivity index (χ0) is 35.6. The Hall–Kier alpha value is -7.37. The highest BCUT2D eigenvalue weighted by Crippen LogP contribution is 2.43. The fourth-order valence-electron chi connectivity index (χ4n) is 8.02. The van der Waals surface area contributed by atoms with Crippen LogP contribution in [0.3, 0.4) is 0 Å². The lowest BCUT2D eigenvalue weighted by Crippen LogP contribution is -2.00. The highest BCUT2D eigenvalue weighted by Gasteiger charge is 2.21. The van der Waals surface area contributed by atoms with Crippen molar-refractivity contribution >= 4 is 54.5 Å². The molecule has 0 saturated heterocycles. The van der Waals surface area contributed by atoms with E-state index in [0.717, 1.165) is 66.2 Å². The topological polar surface area (TPSA) is 56.7 Å². The molecule has 0 N–H and O–H groups in total. The molecular formula is C49H30N4O. The first-order chi connectivity index (χ1) is 26.8. The van der Waals surface area contributed by atoms with Gasteiger partial charge in [0, 0.05) is 49.3 Å². The summed E-state index contributed by atoms with van der Waals surface area (Å²) in [5.41, 5.74) is 10.1. The number of benzene rings is 8. The van der Waals surface area contributed by atoms with Crippen LogP contribution in [0.2, 0.25) is 0 Å². The van der Waals surface area contributed by atoms with Gasteiger partial charge in [-0.15, -0.1) is 0 Å². The Morgan fingerprint density at radius 2 is 0.907 bits per heavy atom. The number of nitrogens with zero attached hydrogens (tertiary/aromatic N) is 4. The molecule has 0 saturated carbocycles. The van der Waals surface area contributed by atoms with E-state index in [-0.39, 0.29) is 0 Å². The standard InChI is InChI=1S/C49H30N4O/c1-3-15-31(16-4-1)47-50-48(32-17-5-2-6-18-32)52-49(51-47)39-25-14-28-44-45(39)41-30-40(35-21-7-8-24-38(35)46(41)54-44)33-19-13-20-34(29-33)53-42-26-11-9-22-36(42)37-23-10-12-27-43(37)53/h1-30H. The maximum atomic E-state index is 6.75. The number of hydrogen-bond donors (Lipinski definition) is 0. The second-order valence-electron chi connectivity index (χ2n) is 13.6. The average Bonchev–Trinajstić information content (AvgIpc) is 3.80. The van der Waals surface area contributed by atoms with Crippen molar-refractivity contribution in [2.45, 2.75) is 0 Å². The summed E-state index contributed by atoms with van der Waals surface area (Å²) in [6.45, 7) is 0. The largest absolute Gasteiger partial charge is 0.455 e. The van der Waals surface area contributed by atoms with E-state index in [1.807, 2.05) is 72.8 Å². The van der Waals surface area contributed by atoms with Crippen LogP contribution in [0, 0.1) is 0 Å². The Bertz CT molecular complexity index is 3110. The van der Waals surface area contributed by atoms with Crippen molar-refractivity contribution < 1.29 is 4.42 Å². The Morgan fingerprint density at radius 1 is 0.370 bits per heavy atom. The minimum atomic E-state index is 0.596. The lowest BCUT2D eigenvalue weighted by molar-refractivity contribution is 0.673. The van der Waals surface area contributed by atoms with Crippen LogP contribution in [0.25, 0.3) is 105 Å². The third-order valence-electron chi connectivity index (χ3n) is 10.4. The molecule has 0 unspecified atom stereocenters. The summed E-state index contributed by atoms with van der Waals surface area (Å²) in [4.78, 5) is 15.1. The Labute approximate surface area is 310 Å². The van der Waals surface area contributed by atoms with Crippen molar-refractivity contribution in [2.75, 3.05) is 0 Å². The third kappa shape index (κ3) is 4.76. The van der Waals surface area contributed by atoms with Crippen molar-refractivity contribution in [1.82, 2.24) is 19.5 Å². The number of fused-ring (bicyclic) bond motifs is 8. The summed E-state index contributed by atoms with van der Waals surface area (Å²) in [7, 11) is 0. The van der Waals surface area contributed by atoms with Gasteiger partial charge in [0.1, 0.15) is 11.2 Å². The molecule has 11 rings (SSSR count). The van der Waals surface area contributed by atoms with Crippen molar-refractivity contribution in [1.29, 1.82) is 0 Å². The van der Waals surface area contributed by atoms with Gasteiger partial charge in [0.2, 0.25) is 0 Å². The van der Waals surface area contributed by atoms with E-state index in [0.29, 0.717) is 17.5 Å². The van der Waals surface area contributed by atoms with Gasteiger partial charge in [0.05, 0.1) is 11.0 Å². The first-order valence-corrected chi connectivity index (χ1v) is 18.1. The summed E-state index contributed by atoms with van der Waals surface area (Å²) in [6.07, 6.45) is 0. The molecule has 0 aliphatic rings. The van der Waals surface area contributed by atoms with Crippen LogP contribution in [0.4, 0.5) is 0 Å². The molecule has 11 aromatic rings. The van der Waals surface area contributed by atoms with Gasteiger partial charge in [-0.2, -0.15) is 0 Å². The second kappa shape index (κ2) is 12.1. The smallest absolute Gasteiger partial charge is 0.164 e. The molecule has 54 heavy (non-hydrogen) atoms. The fraction of sp³-hybridized carbons (Fsp3) is 0. The van der Waals surface area contributed by atoms with Crippen LogP contribution in [0.1, 0.15) is 0 Å². The summed E-state index contributed by atoms with van der Waals surface area (Å²) in [6, 6.07) is 63.3. The number of aromatic nitrogens is 4. The van der Waals surface area contributed by atoms with Crippen LogP contribution in [0.15, 0.2) is 186 Å². The first kappa shape index (κ1) is 30.3. The second-order valence-corrected chi connectivity index (χ2v) is 13.6. The van der Waals surface area contributed by atoms with Crippen LogP contribution < -0.4 is 0 Å². The molecule has 3 heterocycles. The molecule has 0 aliphatic carbocycles. The lowest BCUT2D eigenvalue weighted by atomic mass is 9.94. The van der Waals surface area contributed by atoms with Gasteiger partial charge >= 0.3 is 0 Å². The van der Waals surface area contributed by atoms with Gasteiger partial charge in [-0.05, 0) is 52.9 Å². The molecule has 3 aromatic heterocycles. The van der Waals surface area contributed by atoms with Crippen LogP contribution >= 0.6 is 0 Å². The minimum Gasteiger partial charge on any atom is -0.455 e. The molecule has 252 valence electrons. The van der Waals surface area contributed by atoms with Crippen molar-refractivity contribution in [3.05, 3.63) is 182 Å². The minimum absolute atomic E-state index is 0.596. The van der Waals surface area contributed by atoms with Crippen LogP contribution in [0.5, 0.6) is 0 Å². The Balaban J connectivity index is 1.16. The molecule has 8 aromatic carbocycles. The Kier molecular flexibility index (Phi) is 6.79. The zero-order valence-corrected chi connectivity index (χ0v) is 29.0. The molecule has 0 atom stereocenters. The molecule has 0 fully saturated rings. The van der Waals surface area contributed by atoms with Crippen LogP contribution in [-0.2, 0) is 0 Å². The number of hydrogen-bond acceptors (Lipinski definition) is 4. The lowest BCUT2D eigenvalue weighted by Gasteiger charge is -2.13. The SMILES string of the molecule is c1ccc(-c2nc(-c3ccccc3)nc(-c3cccc4oc5c6ccccc6c(-c6cccc(-n7c8ccccc8c8ccccc87)c6)cc5c34)n2)cc1. The number of rotatable bonds is 5. The molecule has 5 heteroatoms. The van der Waals surface area contributed by atoms with Gasteiger partial charge in [-0.25, -0.2) is 15.0 Å². The highest BCUT2D eigenvalue weighted by molar-refractivity contribution is 6.22. The van der Waals surface area contributed by atoms with E-state index >= 15 is 0 Å². The van der Waals surface area contributed by atoms with E-state index in [2.05, 4.69) is 114 Å². The highest BCUT2D eigenvalue weighted by atomic mass is 16.3. The van der Waals surface area contributed by atoms with Crippen LogP contribution in [-0.4, -0.2) is 19.5 Å². The first-order valence-electron chi connectivity index (χ1n) is 18.1. The van der Waals surface area contributed by atoms with Gasteiger partial charge in [-0.1, -0.05) is 146 Å². The van der Waals surface area contributed by atoms with E-state index in [4.69, 9.17) is 19.4 Å². The summed E-state index contributed by atoms with van der Waals surface area (Å²) >= 11 is 0. The average molecular weight is 691 g/mol. The fourth-order valence-corrected chi connectivity index (χ4v) is 8.02. The molecule has 0 amide bonds. The summed E-state index contributed by atoms with van der Waals surface area (Å²) in [5, 5.41) is 6.66. The van der Waals surface area contributed by atoms with E-state index < -0.39 is 0 Å². The van der Waals surface area contributed by atoms with E-state index in [9.17, 15) is 0 Å². The maximum absolute atomic E-state index is 6.75. The van der Waals surface area contributed by atoms with E-state index in [1.165, 1.54) is 21.8 Å². The predicted molar refractivity (Wildman–Crippen MR) is 221 cm³/mol. The quantitative estimate of drug-likeness (QED) is 0.180. The zero-order valence-electron chi connectivity index (χ0n) is 29.0. The van der Waals surface area contributed by atoms with Gasteiger partial charge in [0.25, 0.3) is 0 Å². The van der Waals surface area contributed by atoms with Gasteiger partial charge in [0.15, 0.2) is 17.5 Å². The molecule has 0 radical (unpaired) electrons. The Morgan fingerprint density at radius 3 is 1.57 bits per heavy atom. The summed E-state index contributed by atoms with van der Waals surface area (Å²) < 4.78 is 9.12. The van der Waals surface area contributed by atoms with Crippen molar-refractivity contribution in [3.8, 4) is 51.0 Å². The molecule has 5 nitrogen and oxygen atoms in total. The molecular weight excluding hydrogens is 661 g/mol. The third-order valence-corrected chi connectivity index (χ3v) is 10.4. The maximum Gasteiger partial charge on any atom is 0.164 e. The number of para-hydroxylation sites is 2. The normalized spacial score (nSPS) is 11.7. The predicted octanol–water partition coefficient (Wildman–Crippen LogP) is 12.7. The molecule has 0 spiro atoms. The summed E-state index contributed by atoms with van der Waals surface area (Å²) in [5.74, 6) is 1.84. The van der Waals surface area contributed by atoms with Gasteiger partial charge < -0.3 is 8.98 Å².